The molecule has 0 aromatic carbocycles. The van der Waals surface area contributed by atoms with Gasteiger partial charge in [-0.15, -0.1) is 5.06 Å². The van der Waals surface area contributed by atoms with Gasteiger partial charge in [0.05, 0.1) is 12.8 Å². The molecular weight excluding hydrogens is 522 g/mol. The number of amides is 2. The molecule has 1 N–H and O–H groups in total. The van der Waals surface area contributed by atoms with Crippen LogP contribution in [0.2, 0.25) is 0 Å². The van der Waals surface area contributed by atoms with E-state index in [9.17, 15) is 38.7 Å². The predicted molar refractivity (Wildman–Crippen MR) is 134 cm³/mol. The third-order valence-electron chi connectivity index (χ3n) is 10.4. The molecule has 2 amide bonds. The molecule has 5 rings (SSSR count). The van der Waals surface area contributed by atoms with E-state index in [-0.39, 0.29) is 60.4 Å². The summed E-state index contributed by atoms with van der Waals surface area (Å²) in [4.78, 5) is 91.0. The first-order valence-electron chi connectivity index (χ1n) is 14.0. The summed E-state index contributed by atoms with van der Waals surface area (Å²) in [5.74, 6) is -4.01. The summed E-state index contributed by atoms with van der Waals surface area (Å²) in [6.45, 7) is 3.16. The Morgan fingerprint density at radius 2 is 1.62 bits per heavy atom. The first kappa shape index (κ1) is 28.3. The minimum absolute atomic E-state index is 0.00444. The van der Waals surface area contributed by atoms with Crippen LogP contribution in [0.1, 0.15) is 84.5 Å². The maximum Gasteiger partial charge on any atom is 0.333 e. The number of rotatable bonds is 7. The molecule has 11 heteroatoms. The van der Waals surface area contributed by atoms with Crippen molar-refractivity contribution in [3.63, 3.8) is 0 Å². The van der Waals surface area contributed by atoms with Crippen molar-refractivity contribution in [3.05, 3.63) is 11.6 Å². The van der Waals surface area contributed by atoms with Gasteiger partial charge in [-0.1, -0.05) is 19.4 Å². The number of imide groups is 1. The fraction of sp³-hybridized carbons (Fsp3) is 0.690. The molecule has 0 aromatic rings. The lowest BCUT2D eigenvalue weighted by Gasteiger charge is -2.57. The molecule has 1 saturated heterocycles. The number of fused-ring (bicyclic) bond motifs is 5. The Morgan fingerprint density at radius 3 is 2.33 bits per heavy atom. The molecule has 40 heavy (non-hydrogen) atoms. The zero-order chi connectivity index (χ0) is 29.0. The minimum Gasteiger partial charge on any atom is -0.458 e. The molecule has 6 atom stereocenters. The van der Waals surface area contributed by atoms with Gasteiger partial charge in [0.1, 0.15) is 11.4 Å². The van der Waals surface area contributed by atoms with Crippen molar-refractivity contribution < 1.29 is 48.2 Å². The van der Waals surface area contributed by atoms with Crippen LogP contribution in [0.5, 0.6) is 0 Å². The van der Waals surface area contributed by atoms with Gasteiger partial charge in [0.2, 0.25) is 5.78 Å². The van der Waals surface area contributed by atoms with Crippen molar-refractivity contribution in [1.82, 2.24) is 5.06 Å². The average Bonchev–Trinajstić information content (AvgIpc) is 3.36. The number of carbonyl (C=O) groups is 7. The van der Waals surface area contributed by atoms with Crippen LogP contribution in [-0.4, -0.2) is 63.5 Å². The van der Waals surface area contributed by atoms with Crippen LogP contribution in [0.15, 0.2) is 11.6 Å². The largest absolute Gasteiger partial charge is 0.458 e. The molecule has 11 nitrogen and oxygen atoms in total. The number of aliphatic hydroxyl groups is 1. The third kappa shape index (κ3) is 4.42. The fourth-order valence-electron chi connectivity index (χ4n) is 8.19. The molecule has 5 aliphatic rings. The van der Waals surface area contributed by atoms with Gasteiger partial charge in [0.25, 0.3) is 11.8 Å². The van der Waals surface area contributed by atoms with Gasteiger partial charge in [0, 0.05) is 37.0 Å². The summed E-state index contributed by atoms with van der Waals surface area (Å²) in [6, 6.07) is 0. The molecule has 0 spiro atoms. The molecule has 4 aliphatic carbocycles. The van der Waals surface area contributed by atoms with E-state index in [2.05, 4.69) is 6.92 Å². The van der Waals surface area contributed by atoms with E-state index in [0.717, 1.165) is 18.4 Å². The van der Waals surface area contributed by atoms with Gasteiger partial charge in [-0.25, -0.2) is 4.79 Å². The fourth-order valence-corrected chi connectivity index (χ4v) is 8.19. The summed E-state index contributed by atoms with van der Waals surface area (Å²) in [7, 11) is 0. The molecule has 0 bridgehead atoms. The monoisotopic (exact) mass is 557 g/mol. The first-order valence-corrected chi connectivity index (χ1v) is 14.0. The zero-order valence-corrected chi connectivity index (χ0v) is 22.9. The van der Waals surface area contributed by atoms with Gasteiger partial charge in [-0.3, -0.25) is 28.8 Å². The Balaban J connectivity index is 1.20. The first-order chi connectivity index (χ1) is 18.8. The van der Waals surface area contributed by atoms with Crippen molar-refractivity contribution in [3.8, 4) is 0 Å². The molecule has 4 fully saturated rings. The Morgan fingerprint density at radius 1 is 0.950 bits per heavy atom. The molecule has 0 aromatic heterocycles. The number of esters is 1. The van der Waals surface area contributed by atoms with Gasteiger partial charge in [-0.2, -0.15) is 0 Å². The van der Waals surface area contributed by atoms with Gasteiger partial charge in [0.15, 0.2) is 12.4 Å². The molecule has 0 radical (unpaired) electrons. The minimum atomic E-state index is -1.84. The summed E-state index contributed by atoms with van der Waals surface area (Å²) in [5.41, 5.74) is -2.18. The number of carbonyl (C=O) groups excluding carboxylic acids is 7. The topological polar surface area (TPSA) is 161 Å². The van der Waals surface area contributed by atoms with Gasteiger partial charge in [-0.05, 0) is 55.4 Å². The van der Waals surface area contributed by atoms with Crippen molar-refractivity contribution in [2.75, 3.05) is 6.61 Å². The van der Waals surface area contributed by atoms with E-state index in [1.54, 1.807) is 13.0 Å². The third-order valence-corrected chi connectivity index (χ3v) is 10.4. The molecule has 1 heterocycles. The highest BCUT2D eigenvalue weighted by molar-refractivity contribution is 6.01. The van der Waals surface area contributed by atoms with Crippen LogP contribution in [0.4, 0.5) is 0 Å². The van der Waals surface area contributed by atoms with Crippen LogP contribution >= 0.6 is 0 Å². The highest BCUT2D eigenvalue weighted by Gasteiger charge is 2.68. The number of hydroxylamine groups is 2. The summed E-state index contributed by atoms with van der Waals surface area (Å²) in [6.07, 6.45) is 3.94. The molecule has 1 aliphatic heterocycles. The molecule has 216 valence electrons. The van der Waals surface area contributed by atoms with Crippen molar-refractivity contribution in [2.24, 2.45) is 28.6 Å². The van der Waals surface area contributed by atoms with Crippen molar-refractivity contribution >= 4 is 41.1 Å². The molecular formula is C29H35NO10. The highest BCUT2D eigenvalue weighted by Crippen LogP contribution is 2.66. The van der Waals surface area contributed by atoms with Crippen LogP contribution < -0.4 is 0 Å². The van der Waals surface area contributed by atoms with Crippen LogP contribution in [0.25, 0.3) is 0 Å². The number of ketones is 3. The van der Waals surface area contributed by atoms with Gasteiger partial charge < -0.3 is 14.7 Å². The SMILES string of the molecule is C[C@]12CCC(=O)C=C1CC[C@@H]1[C@@H]2C(=O)C[C@@]2(C)[C@H]1CC[C@]2(O)C(=O)COC(=O)CCC(=O)ON1C(=O)CCC1=O. The smallest absolute Gasteiger partial charge is 0.333 e. The van der Waals surface area contributed by atoms with Crippen molar-refractivity contribution in [1.29, 1.82) is 0 Å². The van der Waals surface area contributed by atoms with Gasteiger partial charge >= 0.3 is 11.9 Å². The standard InChI is InChI=1S/C29H35NO10/c1-27-11-9-17(31)13-16(27)3-4-18-19-10-12-29(38,28(19,2)14-20(32)26(18)27)21(33)15-39-24(36)7-8-25(37)40-30-22(34)5-6-23(30)35/h13,18-19,26,38H,3-12,14-15H2,1-2H3/t18-,19-,26+,27-,28-,29-/m0/s1. The normalized spacial score (nSPS) is 36.9. The average molecular weight is 558 g/mol. The van der Waals surface area contributed by atoms with E-state index in [0.29, 0.717) is 24.3 Å². The van der Waals surface area contributed by atoms with E-state index < -0.39 is 60.0 Å². The summed E-state index contributed by atoms with van der Waals surface area (Å²) >= 11 is 0. The number of ether oxygens (including phenoxy) is 1. The lowest BCUT2D eigenvalue weighted by molar-refractivity contribution is -0.197. The Kier molecular flexibility index (Phi) is 7.09. The molecule has 0 unspecified atom stereocenters. The number of allylic oxidation sites excluding steroid dienone is 1. The van der Waals surface area contributed by atoms with Crippen molar-refractivity contribution in [2.45, 2.75) is 90.1 Å². The maximum atomic E-state index is 13.7. The molecule has 3 saturated carbocycles. The second-order valence-corrected chi connectivity index (χ2v) is 12.4. The Hall–Kier alpha value is -3.21. The number of nitrogens with zero attached hydrogens (tertiary/aromatic N) is 1. The number of Topliss-reactive ketones (excluding diaryl/α,β-unsaturated/α-hetero) is 2. The Bertz CT molecular complexity index is 1220. The quantitative estimate of drug-likeness (QED) is 0.362. The summed E-state index contributed by atoms with van der Waals surface area (Å²) in [5, 5.41) is 12.1. The van der Waals surface area contributed by atoms with Crippen LogP contribution in [0, 0.1) is 28.6 Å². The van der Waals surface area contributed by atoms with E-state index in [1.807, 2.05) is 0 Å². The summed E-state index contributed by atoms with van der Waals surface area (Å²) < 4.78 is 5.07. The lowest BCUT2D eigenvalue weighted by atomic mass is 9.46. The van der Waals surface area contributed by atoms with Crippen LogP contribution in [0.3, 0.4) is 0 Å². The van der Waals surface area contributed by atoms with Crippen LogP contribution in [-0.2, 0) is 43.1 Å². The Labute approximate surface area is 231 Å². The predicted octanol–water partition coefficient (Wildman–Crippen LogP) is 1.93. The van der Waals surface area contributed by atoms with E-state index in [4.69, 9.17) is 9.57 Å². The number of hydrogen-bond donors (Lipinski definition) is 1. The lowest BCUT2D eigenvalue weighted by Crippen LogP contribution is -2.61. The van der Waals surface area contributed by atoms with E-state index >= 15 is 0 Å². The highest BCUT2D eigenvalue weighted by atomic mass is 16.7. The second-order valence-electron chi connectivity index (χ2n) is 12.4. The zero-order valence-electron chi connectivity index (χ0n) is 22.9. The number of hydrogen-bond acceptors (Lipinski definition) is 10. The maximum absolute atomic E-state index is 13.7. The second kappa shape index (κ2) is 10.0. The van der Waals surface area contributed by atoms with E-state index in [1.165, 1.54) is 0 Å².